The van der Waals surface area contributed by atoms with E-state index in [0.29, 0.717) is 27.9 Å². The fraction of sp³-hybridized carbons (Fsp3) is 0.174. The zero-order chi connectivity index (χ0) is 21.0. The molecule has 0 aliphatic carbocycles. The maximum Gasteiger partial charge on any atom is 0.143 e. The minimum absolute atomic E-state index is 0.445. The molecule has 0 aliphatic rings. The van der Waals surface area contributed by atoms with Gasteiger partial charge in [-0.3, -0.25) is 0 Å². The Morgan fingerprint density at radius 3 is 2.76 bits per heavy atom. The number of aromatic nitrogens is 2. The zero-order valence-corrected chi connectivity index (χ0v) is 17.3. The molecule has 2 aromatic heterocycles. The van der Waals surface area contributed by atoms with E-state index in [-0.39, 0.29) is 0 Å². The third-order valence-corrected chi connectivity index (χ3v) is 4.91. The molecule has 0 saturated carbocycles. The summed E-state index contributed by atoms with van der Waals surface area (Å²) in [6.45, 7) is 5.71. The molecule has 1 unspecified atom stereocenters. The predicted molar refractivity (Wildman–Crippen MR) is 116 cm³/mol. The molecule has 0 fully saturated rings. The lowest BCUT2D eigenvalue weighted by Gasteiger charge is -2.20. The fourth-order valence-corrected chi connectivity index (χ4v) is 3.30. The van der Waals surface area contributed by atoms with E-state index < -0.39 is 6.10 Å². The van der Waals surface area contributed by atoms with Crippen molar-refractivity contribution in [3.63, 3.8) is 0 Å². The lowest BCUT2D eigenvalue weighted by molar-refractivity contribution is 0.218. The number of allylic oxidation sites excluding steroid dienone is 1. The SMILES string of the molecule is C=C(/C=C/c1cccn1-c1ncc(Cl)cc1C(O)c1cccc(OC)c1C)OC. The topological polar surface area (TPSA) is 56.5 Å². The molecule has 29 heavy (non-hydrogen) atoms. The molecule has 0 spiro atoms. The van der Waals surface area contributed by atoms with E-state index in [0.717, 1.165) is 16.8 Å². The van der Waals surface area contributed by atoms with Crippen LogP contribution in [0.1, 0.15) is 28.5 Å². The Kier molecular flexibility index (Phi) is 6.42. The Labute approximate surface area is 175 Å². The summed E-state index contributed by atoms with van der Waals surface area (Å²) in [7, 11) is 3.18. The summed E-state index contributed by atoms with van der Waals surface area (Å²) in [4.78, 5) is 4.50. The van der Waals surface area contributed by atoms with Crippen LogP contribution in [0.3, 0.4) is 0 Å². The van der Waals surface area contributed by atoms with Gasteiger partial charge in [0.1, 0.15) is 23.4 Å². The highest BCUT2D eigenvalue weighted by Crippen LogP contribution is 2.33. The van der Waals surface area contributed by atoms with Crippen LogP contribution in [0, 0.1) is 6.92 Å². The molecule has 1 N–H and O–H groups in total. The number of aliphatic hydroxyl groups is 1. The van der Waals surface area contributed by atoms with Crippen molar-refractivity contribution in [2.45, 2.75) is 13.0 Å². The first-order valence-corrected chi connectivity index (χ1v) is 9.39. The summed E-state index contributed by atoms with van der Waals surface area (Å²) in [5, 5.41) is 11.7. The van der Waals surface area contributed by atoms with Crippen LogP contribution in [0.25, 0.3) is 11.9 Å². The van der Waals surface area contributed by atoms with E-state index in [1.165, 1.54) is 0 Å². The van der Waals surface area contributed by atoms with Crippen LogP contribution in [0.5, 0.6) is 5.75 Å². The molecule has 1 aromatic carbocycles. The maximum atomic E-state index is 11.2. The number of pyridine rings is 1. The second-order valence-corrected chi connectivity index (χ2v) is 6.89. The minimum atomic E-state index is -0.931. The van der Waals surface area contributed by atoms with Crippen LogP contribution in [-0.2, 0) is 4.74 Å². The first-order chi connectivity index (χ1) is 14.0. The highest BCUT2D eigenvalue weighted by Gasteiger charge is 2.21. The van der Waals surface area contributed by atoms with Gasteiger partial charge in [-0.05, 0) is 54.5 Å². The van der Waals surface area contributed by atoms with Gasteiger partial charge >= 0.3 is 0 Å². The van der Waals surface area contributed by atoms with Gasteiger partial charge in [-0.2, -0.15) is 0 Å². The summed E-state index contributed by atoms with van der Waals surface area (Å²) in [5.41, 5.74) is 3.03. The van der Waals surface area contributed by atoms with E-state index >= 15 is 0 Å². The van der Waals surface area contributed by atoms with Crippen molar-refractivity contribution < 1.29 is 14.6 Å². The van der Waals surface area contributed by atoms with Gasteiger partial charge in [0.25, 0.3) is 0 Å². The molecule has 150 valence electrons. The fourth-order valence-electron chi connectivity index (χ4n) is 3.14. The van der Waals surface area contributed by atoms with Gasteiger partial charge in [-0.15, -0.1) is 0 Å². The van der Waals surface area contributed by atoms with Gasteiger partial charge in [0.2, 0.25) is 0 Å². The number of benzene rings is 1. The molecule has 0 aliphatic heterocycles. The number of aliphatic hydroxyl groups excluding tert-OH is 1. The number of ether oxygens (including phenoxy) is 2. The van der Waals surface area contributed by atoms with Gasteiger partial charge < -0.3 is 19.1 Å². The van der Waals surface area contributed by atoms with Crippen LogP contribution in [0.2, 0.25) is 5.02 Å². The van der Waals surface area contributed by atoms with Crippen LogP contribution < -0.4 is 4.74 Å². The Bertz CT molecular complexity index is 1060. The average Bonchev–Trinajstić information content (AvgIpc) is 3.20. The van der Waals surface area contributed by atoms with Gasteiger partial charge in [-0.1, -0.05) is 30.3 Å². The van der Waals surface area contributed by atoms with Crippen molar-refractivity contribution >= 4 is 17.7 Å². The lowest BCUT2D eigenvalue weighted by Crippen LogP contribution is -2.10. The molecular weight excluding hydrogens is 388 g/mol. The first-order valence-electron chi connectivity index (χ1n) is 9.02. The quantitative estimate of drug-likeness (QED) is 0.435. The molecule has 0 amide bonds. The lowest BCUT2D eigenvalue weighted by atomic mass is 9.97. The summed E-state index contributed by atoms with van der Waals surface area (Å²) < 4.78 is 12.4. The Morgan fingerprint density at radius 2 is 2.03 bits per heavy atom. The van der Waals surface area contributed by atoms with Crippen molar-refractivity contribution in [3.8, 4) is 11.6 Å². The van der Waals surface area contributed by atoms with Crippen LogP contribution in [-0.4, -0.2) is 28.9 Å². The van der Waals surface area contributed by atoms with E-state index in [2.05, 4.69) is 11.6 Å². The molecule has 2 heterocycles. The van der Waals surface area contributed by atoms with Crippen molar-refractivity contribution in [2.75, 3.05) is 14.2 Å². The number of halogens is 1. The minimum Gasteiger partial charge on any atom is -0.497 e. The third-order valence-electron chi connectivity index (χ3n) is 4.71. The number of hydrogen-bond acceptors (Lipinski definition) is 4. The van der Waals surface area contributed by atoms with E-state index in [1.807, 2.05) is 54.1 Å². The van der Waals surface area contributed by atoms with Crippen molar-refractivity contribution in [3.05, 3.63) is 94.6 Å². The molecule has 3 aromatic rings. The second-order valence-electron chi connectivity index (χ2n) is 6.45. The monoisotopic (exact) mass is 410 g/mol. The van der Waals surface area contributed by atoms with Crippen molar-refractivity contribution in [2.24, 2.45) is 0 Å². The summed E-state index contributed by atoms with van der Waals surface area (Å²) >= 11 is 6.22. The van der Waals surface area contributed by atoms with E-state index in [4.69, 9.17) is 21.1 Å². The van der Waals surface area contributed by atoms with Crippen molar-refractivity contribution in [1.82, 2.24) is 9.55 Å². The normalized spacial score (nSPS) is 12.2. The smallest absolute Gasteiger partial charge is 0.143 e. The van der Waals surface area contributed by atoms with Crippen molar-refractivity contribution in [1.29, 1.82) is 0 Å². The van der Waals surface area contributed by atoms with Gasteiger partial charge in [-0.25, -0.2) is 4.98 Å². The highest BCUT2D eigenvalue weighted by atomic mass is 35.5. The van der Waals surface area contributed by atoms with E-state index in [1.54, 1.807) is 32.6 Å². The number of methoxy groups -OCH3 is 2. The number of hydrogen-bond donors (Lipinski definition) is 1. The maximum absolute atomic E-state index is 11.2. The van der Waals surface area contributed by atoms with Gasteiger partial charge in [0.05, 0.1) is 19.2 Å². The standard InChI is InChI=1S/C23H23ClN2O3/c1-15(28-3)10-11-18-7-6-12-26(18)23-20(13-17(24)14-25-23)22(27)19-8-5-9-21(29-4)16(19)2/h5-14,22,27H,1H2,2-4H3/b11-10+. The van der Waals surface area contributed by atoms with Gasteiger partial charge in [0.15, 0.2) is 0 Å². The van der Waals surface area contributed by atoms with Gasteiger partial charge in [0, 0.05) is 23.7 Å². The Balaban J connectivity index is 2.10. The summed E-state index contributed by atoms with van der Waals surface area (Å²) in [6, 6.07) is 11.1. The molecule has 0 bridgehead atoms. The second kappa shape index (κ2) is 8.99. The number of nitrogens with zero attached hydrogens (tertiary/aromatic N) is 2. The van der Waals surface area contributed by atoms with E-state index in [9.17, 15) is 5.11 Å². The molecule has 5 nitrogen and oxygen atoms in total. The zero-order valence-electron chi connectivity index (χ0n) is 16.6. The van der Waals surface area contributed by atoms with Crippen LogP contribution in [0.15, 0.2) is 67.2 Å². The largest absolute Gasteiger partial charge is 0.497 e. The predicted octanol–water partition coefficient (Wildman–Crippen LogP) is 5.10. The molecule has 3 rings (SSSR count). The Morgan fingerprint density at radius 1 is 1.24 bits per heavy atom. The Hall–Kier alpha value is -3.02. The van der Waals surface area contributed by atoms with Crippen LogP contribution >= 0.6 is 11.6 Å². The highest BCUT2D eigenvalue weighted by molar-refractivity contribution is 6.30. The molecule has 1 atom stereocenters. The summed E-state index contributed by atoms with van der Waals surface area (Å²) in [5.74, 6) is 1.83. The number of rotatable bonds is 7. The first kappa shape index (κ1) is 20.7. The summed E-state index contributed by atoms with van der Waals surface area (Å²) in [6.07, 6.45) is 6.14. The molecule has 0 radical (unpaired) electrons. The third kappa shape index (κ3) is 4.36. The molecule has 6 heteroatoms. The van der Waals surface area contributed by atoms with Crippen LogP contribution in [0.4, 0.5) is 0 Å². The average molecular weight is 411 g/mol. The molecule has 0 saturated heterocycles. The molecular formula is C23H23ClN2O3.